The summed E-state index contributed by atoms with van der Waals surface area (Å²) < 4.78 is 1.76. The zero-order chi connectivity index (χ0) is 22.3. The predicted molar refractivity (Wildman–Crippen MR) is 121 cm³/mol. The van der Waals surface area contributed by atoms with Gasteiger partial charge in [0.1, 0.15) is 11.0 Å². The number of rotatable bonds is 3. The maximum absolute atomic E-state index is 11.9. The second-order valence-corrected chi connectivity index (χ2v) is 9.44. The molecule has 0 aliphatic carbocycles. The molecule has 9 heteroatoms. The van der Waals surface area contributed by atoms with Crippen LogP contribution in [0.2, 0.25) is 5.15 Å². The van der Waals surface area contributed by atoms with Gasteiger partial charge in [0.25, 0.3) is 0 Å². The van der Waals surface area contributed by atoms with Gasteiger partial charge in [0.15, 0.2) is 5.82 Å². The lowest BCUT2D eigenvalue weighted by Gasteiger charge is -2.47. The molecular weight excluding hydrogens is 416 g/mol. The quantitative estimate of drug-likeness (QED) is 0.569. The van der Waals surface area contributed by atoms with Crippen LogP contribution in [0.25, 0.3) is 16.9 Å². The molecule has 1 amide bonds. The largest absolute Gasteiger partial charge is 0.465 e. The molecule has 2 atom stereocenters. The summed E-state index contributed by atoms with van der Waals surface area (Å²) in [4.78, 5) is 22.7. The smallest absolute Gasteiger partial charge is 0.407 e. The average Bonchev–Trinajstić information content (AvgIpc) is 3.14. The lowest BCUT2D eigenvalue weighted by Crippen LogP contribution is -2.58. The van der Waals surface area contributed by atoms with Crippen LogP contribution in [-0.4, -0.2) is 54.3 Å². The van der Waals surface area contributed by atoms with Crippen molar-refractivity contribution in [2.24, 2.45) is 5.41 Å². The molecule has 3 aromatic heterocycles. The summed E-state index contributed by atoms with van der Waals surface area (Å²) in [7, 11) is 0. The molecule has 0 saturated carbocycles. The number of nitrogens with zero attached hydrogens (tertiary/aromatic N) is 5. The van der Waals surface area contributed by atoms with Crippen LogP contribution in [0.1, 0.15) is 39.2 Å². The van der Waals surface area contributed by atoms with E-state index in [-0.39, 0.29) is 17.5 Å². The summed E-state index contributed by atoms with van der Waals surface area (Å²) >= 11 is 6.49. The first-order chi connectivity index (χ1) is 14.7. The number of hydrogen-bond acceptors (Lipinski definition) is 5. The fraction of sp³-hybridized carbons (Fsp3) is 0.455. The Hall–Kier alpha value is -2.87. The summed E-state index contributed by atoms with van der Waals surface area (Å²) in [6.45, 7) is 8.61. The van der Waals surface area contributed by atoms with E-state index < -0.39 is 6.09 Å². The van der Waals surface area contributed by atoms with E-state index in [4.69, 9.17) is 16.6 Å². The predicted octanol–water partition coefficient (Wildman–Crippen LogP) is 4.72. The van der Waals surface area contributed by atoms with Crippen LogP contribution >= 0.6 is 11.6 Å². The van der Waals surface area contributed by atoms with Gasteiger partial charge in [0.2, 0.25) is 0 Å². The average molecular weight is 443 g/mol. The van der Waals surface area contributed by atoms with Crippen LogP contribution in [-0.2, 0) is 0 Å². The molecule has 1 fully saturated rings. The van der Waals surface area contributed by atoms with Crippen molar-refractivity contribution in [2.75, 3.05) is 11.9 Å². The summed E-state index contributed by atoms with van der Waals surface area (Å²) in [5, 5.41) is 18.0. The molecule has 1 unspecified atom stereocenters. The molecule has 2 N–H and O–H groups in total. The van der Waals surface area contributed by atoms with E-state index >= 15 is 0 Å². The first-order valence-corrected chi connectivity index (χ1v) is 10.8. The summed E-state index contributed by atoms with van der Waals surface area (Å²) in [5.74, 6) is 1.11. The molecule has 0 spiro atoms. The Morgan fingerprint density at radius 3 is 2.77 bits per heavy atom. The van der Waals surface area contributed by atoms with Gasteiger partial charge in [-0.15, -0.1) is 0 Å². The number of fused-ring (bicyclic) bond motifs is 1. The van der Waals surface area contributed by atoms with Crippen LogP contribution in [0.15, 0.2) is 30.6 Å². The maximum atomic E-state index is 11.9. The summed E-state index contributed by atoms with van der Waals surface area (Å²) in [5.41, 5.74) is 2.17. The van der Waals surface area contributed by atoms with Crippen LogP contribution in [0, 0.1) is 12.3 Å². The normalized spacial score (nSPS) is 19.6. The molecule has 1 aliphatic heterocycles. The van der Waals surface area contributed by atoms with Gasteiger partial charge in [-0.3, -0.25) is 0 Å². The number of halogens is 1. The topological polar surface area (TPSA) is 95.7 Å². The molecule has 0 aromatic carbocycles. The Kier molecular flexibility index (Phi) is 5.51. The van der Waals surface area contributed by atoms with Crippen LogP contribution in [0.5, 0.6) is 0 Å². The highest BCUT2D eigenvalue weighted by molar-refractivity contribution is 6.30. The van der Waals surface area contributed by atoms with E-state index in [9.17, 15) is 9.90 Å². The molecule has 0 radical (unpaired) electrons. The number of nitrogens with one attached hydrogen (secondary N) is 1. The minimum Gasteiger partial charge on any atom is -0.465 e. The van der Waals surface area contributed by atoms with Crippen LogP contribution < -0.4 is 5.32 Å². The fourth-order valence-electron chi connectivity index (χ4n) is 4.47. The van der Waals surface area contributed by atoms with Crippen molar-refractivity contribution in [1.82, 2.24) is 24.5 Å². The molecule has 1 saturated heterocycles. The van der Waals surface area contributed by atoms with Crippen LogP contribution in [0.4, 0.5) is 10.6 Å². The summed E-state index contributed by atoms with van der Waals surface area (Å²) in [6, 6.07) is 5.50. The van der Waals surface area contributed by atoms with Gasteiger partial charge < -0.3 is 15.3 Å². The number of aromatic nitrogens is 4. The molecule has 8 nitrogen and oxygen atoms in total. The van der Waals surface area contributed by atoms with E-state index in [1.165, 1.54) is 0 Å². The Balaban J connectivity index is 1.73. The third-order valence-corrected chi connectivity index (χ3v) is 6.21. The van der Waals surface area contributed by atoms with Crippen molar-refractivity contribution >= 4 is 29.0 Å². The lowest BCUT2D eigenvalue weighted by molar-refractivity contribution is 0.0518. The molecule has 0 bridgehead atoms. The molecule has 31 heavy (non-hydrogen) atoms. The standard InChI is InChI=1S/C22H27ClN6O2/c1-13-18(23)26-20(14-12-24-29-11-6-5-9-16(14)29)27-19(13)25-15-8-7-10-28(21(30)31)17(15)22(2,3)4/h5-6,9,11-12,15,17H,7-8,10H2,1-4H3,(H,30,31)(H,25,26,27)/t15-,17?/m1/s1. The van der Waals surface area contributed by atoms with Crippen molar-refractivity contribution in [3.05, 3.63) is 41.3 Å². The first kappa shape index (κ1) is 21.4. The molecular formula is C22H27ClN6O2. The molecule has 4 heterocycles. The highest BCUT2D eigenvalue weighted by Gasteiger charge is 2.42. The Labute approximate surface area is 186 Å². The van der Waals surface area contributed by atoms with Crippen molar-refractivity contribution < 1.29 is 9.90 Å². The molecule has 4 rings (SSSR count). The number of hydrogen-bond donors (Lipinski definition) is 2. The fourth-order valence-corrected chi connectivity index (χ4v) is 4.63. The monoisotopic (exact) mass is 442 g/mol. The molecule has 3 aromatic rings. The van der Waals surface area contributed by atoms with E-state index in [2.05, 4.69) is 36.2 Å². The highest BCUT2D eigenvalue weighted by atomic mass is 35.5. The van der Waals surface area contributed by atoms with Gasteiger partial charge in [-0.1, -0.05) is 38.4 Å². The van der Waals surface area contributed by atoms with Crippen molar-refractivity contribution in [2.45, 2.75) is 52.6 Å². The van der Waals surface area contributed by atoms with E-state index in [0.717, 1.165) is 29.5 Å². The zero-order valence-electron chi connectivity index (χ0n) is 18.1. The number of anilines is 1. The number of carbonyl (C=O) groups is 1. The SMILES string of the molecule is Cc1c(Cl)nc(-c2cnn3ccccc23)nc1N[C@@H]1CCCN(C(=O)O)C1C(C)(C)C. The number of piperidine rings is 1. The summed E-state index contributed by atoms with van der Waals surface area (Å²) in [6.07, 6.45) is 4.33. The van der Waals surface area contributed by atoms with Crippen molar-refractivity contribution in [3.8, 4) is 11.4 Å². The number of carboxylic acid groups (broad SMARTS) is 1. The Morgan fingerprint density at radius 2 is 2.06 bits per heavy atom. The third kappa shape index (κ3) is 4.04. The third-order valence-electron chi connectivity index (χ3n) is 5.84. The minimum absolute atomic E-state index is 0.0914. The van der Waals surface area contributed by atoms with Gasteiger partial charge in [-0.05, 0) is 37.3 Å². The minimum atomic E-state index is -0.893. The van der Waals surface area contributed by atoms with E-state index in [1.54, 1.807) is 15.6 Å². The van der Waals surface area contributed by atoms with Gasteiger partial charge in [0.05, 0.1) is 23.3 Å². The van der Waals surface area contributed by atoms with Crippen molar-refractivity contribution in [1.29, 1.82) is 0 Å². The highest BCUT2D eigenvalue weighted by Crippen LogP contribution is 2.35. The Morgan fingerprint density at radius 1 is 1.29 bits per heavy atom. The number of amides is 1. The Bertz CT molecular complexity index is 1120. The zero-order valence-corrected chi connectivity index (χ0v) is 18.9. The van der Waals surface area contributed by atoms with E-state index in [0.29, 0.717) is 23.3 Å². The first-order valence-electron chi connectivity index (χ1n) is 10.4. The molecule has 1 aliphatic rings. The van der Waals surface area contributed by atoms with Crippen LogP contribution in [0.3, 0.4) is 0 Å². The number of likely N-dealkylation sites (tertiary alicyclic amines) is 1. The van der Waals surface area contributed by atoms with Crippen molar-refractivity contribution in [3.63, 3.8) is 0 Å². The van der Waals surface area contributed by atoms with Gasteiger partial charge in [-0.25, -0.2) is 19.3 Å². The maximum Gasteiger partial charge on any atom is 0.407 e. The van der Waals surface area contributed by atoms with Gasteiger partial charge in [-0.2, -0.15) is 5.10 Å². The lowest BCUT2D eigenvalue weighted by atomic mass is 9.77. The van der Waals surface area contributed by atoms with Gasteiger partial charge in [0, 0.05) is 24.3 Å². The number of pyridine rings is 1. The van der Waals surface area contributed by atoms with Gasteiger partial charge >= 0.3 is 6.09 Å². The van der Waals surface area contributed by atoms with E-state index in [1.807, 2.05) is 31.3 Å². The second-order valence-electron chi connectivity index (χ2n) is 9.08. The molecule has 164 valence electrons. The second kappa shape index (κ2) is 8.00.